The summed E-state index contributed by atoms with van der Waals surface area (Å²) in [7, 11) is 1.72. The van der Waals surface area contributed by atoms with E-state index in [1.54, 1.807) is 36.2 Å². The van der Waals surface area contributed by atoms with Gasteiger partial charge in [0.25, 0.3) is 5.91 Å². The van der Waals surface area contributed by atoms with Crippen molar-refractivity contribution >= 4 is 23.7 Å². The monoisotopic (exact) mass is 254 g/mol. The van der Waals surface area contributed by atoms with E-state index in [0.717, 1.165) is 5.69 Å². The van der Waals surface area contributed by atoms with Crippen molar-refractivity contribution in [2.24, 2.45) is 0 Å². The van der Waals surface area contributed by atoms with Gasteiger partial charge < -0.3 is 10.2 Å². The number of rotatable bonds is 4. The molecule has 1 N–H and O–H groups in total. The van der Waals surface area contributed by atoms with Gasteiger partial charge in [0.15, 0.2) is 0 Å². The summed E-state index contributed by atoms with van der Waals surface area (Å²) in [5.41, 5.74) is 1.95. The summed E-state index contributed by atoms with van der Waals surface area (Å²) in [5.74, 6) is -0.124. The fourth-order valence-corrected chi connectivity index (χ4v) is 1.77. The Morgan fingerprint density at radius 3 is 2.53 bits per heavy atom. The van der Waals surface area contributed by atoms with Crippen LogP contribution in [-0.4, -0.2) is 19.4 Å². The highest BCUT2D eigenvalue weighted by atomic mass is 16.2. The van der Waals surface area contributed by atoms with Gasteiger partial charge in [-0.2, -0.15) is 0 Å². The molecule has 2 aromatic rings. The number of anilines is 2. The third-order valence-electron chi connectivity index (χ3n) is 2.78. The van der Waals surface area contributed by atoms with Crippen molar-refractivity contribution < 1.29 is 9.59 Å². The van der Waals surface area contributed by atoms with Crippen molar-refractivity contribution in [3.63, 3.8) is 0 Å². The van der Waals surface area contributed by atoms with E-state index in [2.05, 4.69) is 5.32 Å². The Morgan fingerprint density at radius 1 is 1.11 bits per heavy atom. The van der Waals surface area contributed by atoms with Gasteiger partial charge in [0.2, 0.25) is 6.41 Å². The summed E-state index contributed by atoms with van der Waals surface area (Å²) < 4.78 is 0. The lowest BCUT2D eigenvalue weighted by Gasteiger charge is -2.17. The number of para-hydroxylation sites is 1. The minimum atomic E-state index is -0.124. The zero-order valence-corrected chi connectivity index (χ0v) is 10.5. The van der Waals surface area contributed by atoms with Crippen LogP contribution in [0.5, 0.6) is 0 Å². The van der Waals surface area contributed by atoms with E-state index in [9.17, 15) is 9.59 Å². The van der Waals surface area contributed by atoms with Crippen LogP contribution < -0.4 is 10.2 Å². The standard InChI is InChI=1S/C15H14N2O2/c1-17(14-8-3-2-4-9-14)15(19)12-6-5-7-13(10-12)16-11-18/h2-11H,1H3,(H,16,18). The molecule has 2 aromatic carbocycles. The molecule has 0 aromatic heterocycles. The van der Waals surface area contributed by atoms with Gasteiger partial charge in [0.05, 0.1) is 0 Å². The Kier molecular flexibility index (Phi) is 3.93. The molecule has 0 heterocycles. The van der Waals surface area contributed by atoms with Gasteiger partial charge in [0, 0.05) is 24.0 Å². The maximum Gasteiger partial charge on any atom is 0.258 e. The number of hydrogen-bond acceptors (Lipinski definition) is 2. The first kappa shape index (κ1) is 12.8. The lowest BCUT2D eigenvalue weighted by Crippen LogP contribution is -2.26. The average molecular weight is 254 g/mol. The maximum absolute atomic E-state index is 12.3. The number of hydrogen-bond donors (Lipinski definition) is 1. The molecule has 0 spiro atoms. The summed E-state index contributed by atoms with van der Waals surface area (Å²) in [6.45, 7) is 0. The lowest BCUT2D eigenvalue weighted by atomic mass is 10.1. The molecule has 0 fully saturated rings. The van der Waals surface area contributed by atoms with Gasteiger partial charge in [-0.15, -0.1) is 0 Å². The van der Waals surface area contributed by atoms with Crippen molar-refractivity contribution in [3.05, 3.63) is 60.2 Å². The van der Waals surface area contributed by atoms with Crippen molar-refractivity contribution in [2.45, 2.75) is 0 Å². The highest BCUT2D eigenvalue weighted by Gasteiger charge is 2.13. The fourth-order valence-electron chi connectivity index (χ4n) is 1.77. The van der Waals surface area contributed by atoms with Crippen molar-refractivity contribution in [1.29, 1.82) is 0 Å². The molecule has 0 radical (unpaired) electrons. The molecule has 0 saturated heterocycles. The minimum Gasteiger partial charge on any atom is -0.329 e. The zero-order valence-electron chi connectivity index (χ0n) is 10.5. The molecular weight excluding hydrogens is 240 g/mol. The van der Waals surface area contributed by atoms with Crippen molar-refractivity contribution in [2.75, 3.05) is 17.3 Å². The summed E-state index contributed by atoms with van der Waals surface area (Å²) >= 11 is 0. The molecule has 0 bridgehead atoms. The van der Waals surface area contributed by atoms with Crippen LogP contribution in [0.25, 0.3) is 0 Å². The maximum atomic E-state index is 12.3. The normalized spacial score (nSPS) is 9.74. The largest absolute Gasteiger partial charge is 0.329 e. The molecule has 0 saturated carbocycles. The number of benzene rings is 2. The molecule has 4 nitrogen and oxygen atoms in total. The minimum absolute atomic E-state index is 0.124. The van der Waals surface area contributed by atoms with Crippen LogP contribution in [0.4, 0.5) is 11.4 Å². The van der Waals surface area contributed by atoms with E-state index in [0.29, 0.717) is 17.7 Å². The Balaban J connectivity index is 2.24. The van der Waals surface area contributed by atoms with Crippen molar-refractivity contribution in [3.8, 4) is 0 Å². The number of carbonyl (C=O) groups excluding carboxylic acids is 2. The fraction of sp³-hybridized carbons (Fsp3) is 0.0667. The second-order valence-electron chi connectivity index (χ2n) is 4.04. The molecular formula is C15H14N2O2. The van der Waals surface area contributed by atoms with Crippen LogP contribution in [-0.2, 0) is 4.79 Å². The van der Waals surface area contributed by atoms with E-state index in [-0.39, 0.29) is 5.91 Å². The summed E-state index contributed by atoms with van der Waals surface area (Å²) in [4.78, 5) is 24.3. The first-order valence-electron chi connectivity index (χ1n) is 5.85. The van der Waals surface area contributed by atoms with Crippen LogP contribution in [0, 0.1) is 0 Å². The summed E-state index contributed by atoms with van der Waals surface area (Å²) in [6.07, 6.45) is 0.588. The Labute approximate surface area is 111 Å². The predicted molar refractivity (Wildman–Crippen MR) is 75.3 cm³/mol. The van der Waals surface area contributed by atoms with Gasteiger partial charge in [-0.25, -0.2) is 0 Å². The molecule has 96 valence electrons. The van der Waals surface area contributed by atoms with Crippen LogP contribution in [0.15, 0.2) is 54.6 Å². The van der Waals surface area contributed by atoms with Gasteiger partial charge in [0.1, 0.15) is 0 Å². The van der Waals surface area contributed by atoms with E-state index in [1.807, 2.05) is 30.3 Å². The molecule has 19 heavy (non-hydrogen) atoms. The van der Waals surface area contributed by atoms with E-state index < -0.39 is 0 Å². The molecule has 2 rings (SSSR count). The van der Waals surface area contributed by atoms with Gasteiger partial charge in [-0.3, -0.25) is 9.59 Å². The van der Waals surface area contributed by atoms with Crippen LogP contribution in [0.2, 0.25) is 0 Å². The quantitative estimate of drug-likeness (QED) is 0.852. The predicted octanol–water partition coefficient (Wildman–Crippen LogP) is 2.53. The molecule has 0 unspecified atom stereocenters. The third kappa shape index (κ3) is 2.98. The number of amides is 2. The van der Waals surface area contributed by atoms with E-state index >= 15 is 0 Å². The molecule has 2 amide bonds. The third-order valence-corrected chi connectivity index (χ3v) is 2.78. The first-order valence-corrected chi connectivity index (χ1v) is 5.85. The second-order valence-corrected chi connectivity index (χ2v) is 4.04. The summed E-state index contributed by atoms with van der Waals surface area (Å²) in [6, 6.07) is 16.2. The zero-order chi connectivity index (χ0) is 13.7. The average Bonchev–Trinajstić information content (AvgIpc) is 2.47. The highest BCUT2D eigenvalue weighted by Crippen LogP contribution is 2.17. The summed E-state index contributed by atoms with van der Waals surface area (Å²) in [5, 5.41) is 2.53. The smallest absolute Gasteiger partial charge is 0.258 e. The van der Waals surface area contributed by atoms with Gasteiger partial charge in [-0.1, -0.05) is 24.3 Å². The van der Waals surface area contributed by atoms with Gasteiger partial charge >= 0.3 is 0 Å². The van der Waals surface area contributed by atoms with Crippen molar-refractivity contribution in [1.82, 2.24) is 0 Å². The number of nitrogens with zero attached hydrogens (tertiary/aromatic N) is 1. The van der Waals surface area contributed by atoms with Crippen LogP contribution in [0.3, 0.4) is 0 Å². The van der Waals surface area contributed by atoms with Crippen LogP contribution >= 0.6 is 0 Å². The molecule has 0 aliphatic carbocycles. The topological polar surface area (TPSA) is 49.4 Å². The first-order chi connectivity index (χ1) is 9.22. The molecule has 0 aliphatic rings. The molecule has 0 aliphatic heterocycles. The Hall–Kier alpha value is -2.62. The molecule has 0 atom stereocenters. The second kappa shape index (κ2) is 5.82. The number of carbonyl (C=O) groups is 2. The number of nitrogens with one attached hydrogen (secondary N) is 1. The van der Waals surface area contributed by atoms with Crippen LogP contribution in [0.1, 0.15) is 10.4 Å². The Bertz CT molecular complexity index is 582. The highest BCUT2D eigenvalue weighted by molar-refractivity contribution is 6.06. The van der Waals surface area contributed by atoms with E-state index in [1.165, 1.54) is 0 Å². The molecule has 4 heteroatoms. The van der Waals surface area contributed by atoms with Gasteiger partial charge in [-0.05, 0) is 30.3 Å². The Morgan fingerprint density at radius 2 is 1.84 bits per heavy atom. The van der Waals surface area contributed by atoms with E-state index in [4.69, 9.17) is 0 Å². The SMILES string of the molecule is CN(C(=O)c1cccc(NC=O)c1)c1ccccc1. The lowest BCUT2D eigenvalue weighted by molar-refractivity contribution is -0.105.